The van der Waals surface area contributed by atoms with Crippen molar-refractivity contribution < 1.29 is 4.79 Å². The molecule has 0 radical (unpaired) electrons. The monoisotopic (exact) mass is 366 g/mol. The SMILES string of the molecule is CCCCNC(=O)CCn1cnc2c(c(C)c(C)n2-c2ccccc2)c1=O. The first-order chi connectivity index (χ1) is 13.0. The Morgan fingerprint density at radius 1 is 1.19 bits per heavy atom. The molecular formula is C21H26N4O2. The van der Waals surface area contributed by atoms with Crippen LogP contribution in [0.5, 0.6) is 0 Å². The number of benzene rings is 1. The van der Waals surface area contributed by atoms with E-state index in [0.29, 0.717) is 24.1 Å². The quantitative estimate of drug-likeness (QED) is 0.653. The molecule has 1 N–H and O–H groups in total. The number of unbranched alkanes of at least 4 members (excludes halogenated alkanes) is 1. The molecule has 0 saturated carbocycles. The molecule has 3 rings (SSSR count). The van der Waals surface area contributed by atoms with Crippen LogP contribution in [0.2, 0.25) is 0 Å². The standard InChI is InChI=1S/C21H26N4O2/c1-4-5-12-22-18(26)11-13-24-14-23-20-19(21(24)27)15(2)16(3)25(20)17-9-7-6-8-10-17/h6-10,14H,4-5,11-13H2,1-3H3,(H,22,26). The summed E-state index contributed by atoms with van der Waals surface area (Å²) in [6, 6.07) is 9.89. The smallest absolute Gasteiger partial charge is 0.263 e. The fourth-order valence-electron chi connectivity index (χ4n) is 3.25. The highest BCUT2D eigenvalue weighted by molar-refractivity contribution is 5.83. The van der Waals surface area contributed by atoms with Gasteiger partial charge in [-0.3, -0.25) is 18.7 Å². The summed E-state index contributed by atoms with van der Waals surface area (Å²) in [6.45, 7) is 7.03. The molecule has 0 spiro atoms. The number of aryl methyl sites for hydroxylation is 2. The van der Waals surface area contributed by atoms with Gasteiger partial charge in [0, 0.05) is 30.9 Å². The fraction of sp³-hybridized carbons (Fsp3) is 0.381. The van der Waals surface area contributed by atoms with Gasteiger partial charge in [0.05, 0.1) is 11.7 Å². The Labute approximate surface area is 158 Å². The van der Waals surface area contributed by atoms with Gasteiger partial charge in [-0.1, -0.05) is 31.5 Å². The maximum absolute atomic E-state index is 13.0. The minimum Gasteiger partial charge on any atom is -0.356 e. The van der Waals surface area contributed by atoms with Gasteiger partial charge >= 0.3 is 0 Å². The van der Waals surface area contributed by atoms with E-state index in [1.165, 1.54) is 4.57 Å². The molecule has 3 aromatic rings. The summed E-state index contributed by atoms with van der Waals surface area (Å²) < 4.78 is 3.54. The molecule has 0 bridgehead atoms. The molecule has 0 aliphatic carbocycles. The van der Waals surface area contributed by atoms with Gasteiger partial charge in [0.15, 0.2) is 5.65 Å². The molecule has 1 aromatic carbocycles. The summed E-state index contributed by atoms with van der Waals surface area (Å²) in [4.78, 5) is 29.5. The van der Waals surface area contributed by atoms with Crippen LogP contribution in [0.15, 0.2) is 41.5 Å². The maximum Gasteiger partial charge on any atom is 0.263 e. The number of rotatable bonds is 7. The Balaban J connectivity index is 1.91. The molecule has 27 heavy (non-hydrogen) atoms. The van der Waals surface area contributed by atoms with Crippen LogP contribution in [-0.2, 0) is 11.3 Å². The number of hydrogen-bond acceptors (Lipinski definition) is 3. The Bertz CT molecular complexity index is 1000. The predicted octanol–water partition coefficient (Wildman–Crippen LogP) is 3.11. The lowest BCUT2D eigenvalue weighted by Gasteiger charge is -2.09. The van der Waals surface area contributed by atoms with E-state index in [4.69, 9.17) is 0 Å². The lowest BCUT2D eigenvalue weighted by Crippen LogP contribution is -2.28. The van der Waals surface area contributed by atoms with E-state index in [0.717, 1.165) is 29.8 Å². The number of nitrogens with zero attached hydrogens (tertiary/aromatic N) is 3. The van der Waals surface area contributed by atoms with Crippen LogP contribution in [-0.4, -0.2) is 26.6 Å². The summed E-state index contributed by atoms with van der Waals surface area (Å²) >= 11 is 0. The van der Waals surface area contributed by atoms with Crippen molar-refractivity contribution in [2.45, 2.75) is 46.6 Å². The van der Waals surface area contributed by atoms with Crippen molar-refractivity contribution in [2.24, 2.45) is 0 Å². The highest BCUT2D eigenvalue weighted by Crippen LogP contribution is 2.24. The number of aromatic nitrogens is 3. The number of carbonyl (C=O) groups excluding carboxylic acids is 1. The zero-order valence-electron chi connectivity index (χ0n) is 16.2. The number of para-hydroxylation sites is 1. The van der Waals surface area contributed by atoms with Crippen LogP contribution in [0, 0.1) is 13.8 Å². The molecule has 0 fully saturated rings. The van der Waals surface area contributed by atoms with Gasteiger partial charge in [-0.2, -0.15) is 0 Å². The van der Waals surface area contributed by atoms with E-state index < -0.39 is 0 Å². The van der Waals surface area contributed by atoms with Crippen LogP contribution in [0.1, 0.15) is 37.4 Å². The molecule has 2 aromatic heterocycles. The number of fused-ring (bicyclic) bond motifs is 1. The molecule has 142 valence electrons. The van der Waals surface area contributed by atoms with E-state index in [1.54, 1.807) is 6.33 Å². The molecule has 0 saturated heterocycles. The normalized spacial score (nSPS) is 11.1. The molecule has 0 atom stereocenters. The number of amides is 1. The maximum atomic E-state index is 13.0. The van der Waals surface area contributed by atoms with Crippen molar-refractivity contribution >= 4 is 16.9 Å². The fourth-order valence-corrected chi connectivity index (χ4v) is 3.25. The third kappa shape index (κ3) is 3.79. The average Bonchev–Trinajstić information content (AvgIpc) is 2.93. The second-order valence-corrected chi connectivity index (χ2v) is 6.78. The van der Waals surface area contributed by atoms with Crippen LogP contribution >= 0.6 is 0 Å². The summed E-state index contributed by atoms with van der Waals surface area (Å²) in [6.07, 6.45) is 3.82. The zero-order chi connectivity index (χ0) is 19.4. The predicted molar refractivity (Wildman–Crippen MR) is 107 cm³/mol. The highest BCUT2D eigenvalue weighted by Gasteiger charge is 2.17. The Hall–Kier alpha value is -2.89. The molecule has 1 amide bonds. The summed E-state index contributed by atoms with van der Waals surface area (Å²) in [5.74, 6) is -0.0368. The van der Waals surface area contributed by atoms with E-state index in [9.17, 15) is 9.59 Å². The highest BCUT2D eigenvalue weighted by atomic mass is 16.1. The third-order valence-corrected chi connectivity index (χ3v) is 4.93. The second-order valence-electron chi connectivity index (χ2n) is 6.78. The lowest BCUT2D eigenvalue weighted by atomic mass is 10.2. The van der Waals surface area contributed by atoms with Gasteiger partial charge in [0.1, 0.15) is 0 Å². The molecule has 6 nitrogen and oxygen atoms in total. The summed E-state index contributed by atoms with van der Waals surface area (Å²) in [5, 5.41) is 3.49. The lowest BCUT2D eigenvalue weighted by molar-refractivity contribution is -0.121. The Kier molecular flexibility index (Phi) is 5.74. The molecule has 6 heteroatoms. The Morgan fingerprint density at radius 2 is 1.93 bits per heavy atom. The van der Waals surface area contributed by atoms with E-state index in [2.05, 4.69) is 17.2 Å². The number of carbonyl (C=O) groups is 1. The van der Waals surface area contributed by atoms with E-state index >= 15 is 0 Å². The largest absolute Gasteiger partial charge is 0.356 e. The minimum absolute atomic E-state index is 0.0368. The average molecular weight is 366 g/mol. The van der Waals surface area contributed by atoms with Crippen molar-refractivity contribution in [2.75, 3.05) is 6.54 Å². The third-order valence-electron chi connectivity index (χ3n) is 4.93. The number of hydrogen-bond donors (Lipinski definition) is 1. The first-order valence-corrected chi connectivity index (χ1v) is 9.43. The molecule has 2 heterocycles. The van der Waals surface area contributed by atoms with Crippen molar-refractivity contribution in [3.05, 3.63) is 58.3 Å². The zero-order valence-corrected chi connectivity index (χ0v) is 16.2. The van der Waals surface area contributed by atoms with Gasteiger partial charge in [0.2, 0.25) is 5.91 Å². The van der Waals surface area contributed by atoms with Gasteiger partial charge in [-0.15, -0.1) is 0 Å². The van der Waals surface area contributed by atoms with E-state index in [1.807, 2.05) is 48.7 Å². The van der Waals surface area contributed by atoms with Gasteiger partial charge < -0.3 is 5.32 Å². The van der Waals surface area contributed by atoms with Gasteiger partial charge in [-0.05, 0) is 38.0 Å². The van der Waals surface area contributed by atoms with Crippen LogP contribution in [0.3, 0.4) is 0 Å². The van der Waals surface area contributed by atoms with Gasteiger partial charge in [0.25, 0.3) is 5.56 Å². The van der Waals surface area contributed by atoms with Crippen LogP contribution < -0.4 is 10.9 Å². The number of nitrogens with one attached hydrogen (secondary N) is 1. The van der Waals surface area contributed by atoms with Gasteiger partial charge in [-0.25, -0.2) is 4.98 Å². The summed E-state index contributed by atoms with van der Waals surface area (Å²) in [7, 11) is 0. The molecular weight excluding hydrogens is 340 g/mol. The van der Waals surface area contributed by atoms with Crippen molar-refractivity contribution in [1.29, 1.82) is 0 Å². The van der Waals surface area contributed by atoms with Crippen molar-refractivity contribution in [3.8, 4) is 5.69 Å². The molecule has 0 aliphatic heterocycles. The first kappa shape index (κ1) is 18.9. The van der Waals surface area contributed by atoms with E-state index in [-0.39, 0.29) is 17.9 Å². The van der Waals surface area contributed by atoms with Crippen LogP contribution in [0.25, 0.3) is 16.7 Å². The Morgan fingerprint density at radius 3 is 2.63 bits per heavy atom. The topological polar surface area (TPSA) is 68.9 Å². The molecule has 0 unspecified atom stereocenters. The van der Waals surface area contributed by atoms with Crippen molar-refractivity contribution in [1.82, 2.24) is 19.4 Å². The van der Waals surface area contributed by atoms with Crippen molar-refractivity contribution in [3.63, 3.8) is 0 Å². The van der Waals surface area contributed by atoms with Crippen LogP contribution in [0.4, 0.5) is 0 Å². The molecule has 0 aliphatic rings. The first-order valence-electron chi connectivity index (χ1n) is 9.43. The minimum atomic E-state index is -0.100. The second kappa shape index (κ2) is 8.20. The summed E-state index contributed by atoms with van der Waals surface area (Å²) in [5.41, 5.74) is 3.46.